The van der Waals surface area contributed by atoms with E-state index in [4.69, 9.17) is 10.5 Å². The molecule has 0 spiro atoms. The third kappa shape index (κ3) is 3.47. The van der Waals surface area contributed by atoms with Gasteiger partial charge in [-0.15, -0.1) is 0 Å². The molecule has 0 saturated carbocycles. The van der Waals surface area contributed by atoms with Gasteiger partial charge in [-0.2, -0.15) is 0 Å². The Labute approximate surface area is 110 Å². The van der Waals surface area contributed by atoms with Gasteiger partial charge in [0.2, 0.25) is 0 Å². The minimum atomic E-state index is -0.0603. The molecule has 0 amide bonds. The number of benzene rings is 1. The van der Waals surface area contributed by atoms with Gasteiger partial charge >= 0.3 is 0 Å². The second-order valence-corrected chi connectivity index (χ2v) is 5.84. The molecule has 1 fully saturated rings. The van der Waals surface area contributed by atoms with Crippen LogP contribution in [-0.4, -0.2) is 36.7 Å². The van der Waals surface area contributed by atoms with E-state index in [0.29, 0.717) is 0 Å². The molecule has 1 aliphatic rings. The summed E-state index contributed by atoms with van der Waals surface area (Å²) in [5, 5.41) is 0. The van der Waals surface area contributed by atoms with Gasteiger partial charge in [0.25, 0.3) is 0 Å². The summed E-state index contributed by atoms with van der Waals surface area (Å²) in [7, 11) is 2.13. The number of nitrogens with zero attached hydrogens (tertiary/aromatic N) is 1. The van der Waals surface area contributed by atoms with Crippen LogP contribution < -0.4 is 10.5 Å². The van der Waals surface area contributed by atoms with Crippen molar-refractivity contribution in [2.75, 3.05) is 20.1 Å². The Hall–Kier alpha value is -1.06. The lowest BCUT2D eigenvalue weighted by atomic mass is 9.91. The number of ether oxygens (including phenoxy) is 1. The highest BCUT2D eigenvalue weighted by molar-refractivity contribution is 5.29. The van der Waals surface area contributed by atoms with E-state index in [-0.39, 0.29) is 11.6 Å². The lowest BCUT2D eigenvalue weighted by molar-refractivity contribution is 0.242. The number of likely N-dealkylation sites (N-methyl/N-ethyl adjacent to an activating group) is 1. The lowest BCUT2D eigenvalue weighted by Crippen LogP contribution is -2.44. The maximum absolute atomic E-state index is 6.43. The molecule has 2 rings (SSSR count). The molecule has 18 heavy (non-hydrogen) atoms. The molecule has 1 aromatic rings. The molecule has 0 aromatic heterocycles. The molecule has 1 heterocycles. The predicted octanol–water partition coefficient (Wildman–Crippen LogP) is 2.05. The molecule has 1 saturated heterocycles. The van der Waals surface area contributed by atoms with Crippen LogP contribution in [-0.2, 0) is 6.42 Å². The van der Waals surface area contributed by atoms with Crippen molar-refractivity contribution in [2.24, 2.45) is 5.73 Å². The Kier molecular flexibility index (Phi) is 3.93. The highest BCUT2D eigenvalue weighted by Gasteiger charge is 2.32. The zero-order valence-corrected chi connectivity index (χ0v) is 11.6. The second kappa shape index (κ2) is 5.29. The Balaban J connectivity index is 1.98. The Morgan fingerprint density at radius 2 is 2.00 bits per heavy atom. The molecule has 2 N–H and O–H groups in total. The number of nitrogens with two attached hydrogens (primary N) is 1. The normalized spacial score (nSPS) is 24.7. The zero-order chi connectivity index (χ0) is 13.2. The topological polar surface area (TPSA) is 38.5 Å². The fraction of sp³-hybridized carbons (Fsp3) is 0.600. The van der Waals surface area contributed by atoms with Gasteiger partial charge in [-0.3, -0.25) is 0 Å². The molecule has 100 valence electrons. The first kappa shape index (κ1) is 13.4. The summed E-state index contributed by atoms with van der Waals surface area (Å²) in [4.78, 5) is 2.30. The molecule has 3 heteroatoms. The fourth-order valence-electron chi connectivity index (χ4n) is 2.62. The molecule has 1 aliphatic heterocycles. The third-order valence-electron chi connectivity index (χ3n) is 3.43. The molecule has 1 unspecified atom stereocenters. The fourth-order valence-corrected chi connectivity index (χ4v) is 2.62. The van der Waals surface area contributed by atoms with Gasteiger partial charge in [0.1, 0.15) is 5.75 Å². The van der Waals surface area contributed by atoms with Crippen LogP contribution in [0.5, 0.6) is 5.75 Å². The molecular formula is C15H24N2O. The number of hydrogen-bond donors (Lipinski definition) is 1. The molecule has 1 atom stereocenters. The maximum atomic E-state index is 6.43. The molecule has 0 aliphatic carbocycles. The van der Waals surface area contributed by atoms with Crippen LogP contribution in [0, 0.1) is 0 Å². The summed E-state index contributed by atoms with van der Waals surface area (Å²) in [6.45, 7) is 6.16. The summed E-state index contributed by atoms with van der Waals surface area (Å²) in [6.07, 6.45) is 2.24. The largest absolute Gasteiger partial charge is 0.491 e. The van der Waals surface area contributed by atoms with Crippen molar-refractivity contribution in [2.45, 2.75) is 38.3 Å². The summed E-state index contributed by atoms with van der Waals surface area (Å²) in [5.41, 5.74) is 7.66. The van der Waals surface area contributed by atoms with E-state index in [9.17, 15) is 0 Å². The first-order chi connectivity index (χ1) is 8.47. The number of hydrogen-bond acceptors (Lipinski definition) is 3. The van der Waals surface area contributed by atoms with Crippen molar-refractivity contribution in [1.29, 1.82) is 0 Å². The van der Waals surface area contributed by atoms with Gasteiger partial charge < -0.3 is 15.4 Å². The van der Waals surface area contributed by atoms with Gasteiger partial charge in [-0.1, -0.05) is 12.1 Å². The first-order valence-corrected chi connectivity index (χ1v) is 6.70. The van der Waals surface area contributed by atoms with Crippen molar-refractivity contribution in [3.63, 3.8) is 0 Å². The quantitative estimate of drug-likeness (QED) is 0.886. The van der Waals surface area contributed by atoms with Gasteiger partial charge in [0.05, 0.1) is 6.10 Å². The molecule has 1 aromatic carbocycles. The lowest BCUT2D eigenvalue weighted by Gasteiger charge is -2.24. The monoisotopic (exact) mass is 248 g/mol. The van der Waals surface area contributed by atoms with Gasteiger partial charge in [0, 0.05) is 12.1 Å². The van der Waals surface area contributed by atoms with Gasteiger partial charge in [0.15, 0.2) is 0 Å². The number of likely N-dealkylation sites (tertiary alicyclic amines) is 1. The second-order valence-electron chi connectivity index (χ2n) is 5.84. The van der Waals surface area contributed by atoms with E-state index >= 15 is 0 Å². The summed E-state index contributed by atoms with van der Waals surface area (Å²) in [6, 6.07) is 8.34. The van der Waals surface area contributed by atoms with E-state index in [1.807, 2.05) is 26.0 Å². The summed E-state index contributed by atoms with van der Waals surface area (Å²) < 4.78 is 5.64. The molecule has 0 bridgehead atoms. The van der Waals surface area contributed by atoms with Crippen LogP contribution in [0.2, 0.25) is 0 Å². The van der Waals surface area contributed by atoms with Crippen molar-refractivity contribution >= 4 is 0 Å². The van der Waals surface area contributed by atoms with E-state index in [1.54, 1.807) is 0 Å². The SMILES string of the molecule is CC(C)Oc1ccc(CC2(N)CCN(C)C2)cc1. The predicted molar refractivity (Wildman–Crippen MR) is 74.9 cm³/mol. The van der Waals surface area contributed by atoms with Gasteiger partial charge in [-0.05, 0) is 58.0 Å². The molecular weight excluding hydrogens is 224 g/mol. The Bertz CT molecular complexity index is 388. The van der Waals surface area contributed by atoms with Crippen LogP contribution in [0.15, 0.2) is 24.3 Å². The van der Waals surface area contributed by atoms with Crippen LogP contribution in [0.25, 0.3) is 0 Å². The highest BCUT2D eigenvalue weighted by Crippen LogP contribution is 2.23. The number of rotatable bonds is 4. The smallest absolute Gasteiger partial charge is 0.119 e. The minimum Gasteiger partial charge on any atom is -0.491 e. The molecule has 0 radical (unpaired) electrons. The Morgan fingerprint density at radius 1 is 1.33 bits per heavy atom. The summed E-state index contributed by atoms with van der Waals surface area (Å²) >= 11 is 0. The maximum Gasteiger partial charge on any atom is 0.119 e. The third-order valence-corrected chi connectivity index (χ3v) is 3.43. The standard InChI is InChI=1S/C15H24N2O/c1-12(2)18-14-6-4-13(5-7-14)10-15(16)8-9-17(3)11-15/h4-7,12H,8-11,16H2,1-3H3. The van der Waals surface area contributed by atoms with Crippen molar-refractivity contribution in [3.8, 4) is 5.75 Å². The van der Waals surface area contributed by atoms with E-state index in [0.717, 1.165) is 31.7 Å². The van der Waals surface area contributed by atoms with Crippen molar-refractivity contribution in [3.05, 3.63) is 29.8 Å². The van der Waals surface area contributed by atoms with Crippen LogP contribution >= 0.6 is 0 Å². The molecule has 3 nitrogen and oxygen atoms in total. The van der Waals surface area contributed by atoms with Crippen LogP contribution in [0.1, 0.15) is 25.8 Å². The average Bonchev–Trinajstić information content (AvgIpc) is 2.61. The minimum absolute atomic E-state index is 0.0603. The van der Waals surface area contributed by atoms with E-state index in [1.165, 1.54) is 5.56 Å². The Morgan fingerprint density at radius 3 is 2.50 bits per heavy atom. The average molecular weight is 248 g/mol. The zero-order valence-electron chi connectivity index (χ0n) is 11.6. The van der Waals surface area contributed by atoms with Crippen molar-refractivity contribution < 1.29 is 4.74 Å². The van der Waals surface area contributed by atoms with Crippen LogP contribution in [0.4, 0.5) is 0 Å². The van der Waals surface area contributed by atoms with Crippen LogP contribution in [0.3, 0.4) is 0 Å². The van der Waals surface area contributed by atoms with Crippen molar-refractivity contribution in [1.82, 2.24) is 4.90 Å². The summed E-state index contributed by atoms with van der Waals surface area (Å²) in [5.74, 6) is 0.934. The van der Waals surface area contributed by atoms with E-state index < -0.39 is 0 Å². The highest BCUT2D eigenvalue weighted by atomic mass is 16.5. The van der Waals surface area contributed by atoms with Gasteiger partial charge in [-0.25, -0.2) is 0 Å². The first-order valence-electron chi connectivity index (χ1n) is 6.70. The van der Waals surface area contributed by atoms with E-state index in [2.05, 4.69) is 24.1 Å².